The van der Waals surface area contributed by atoms with Gasteiger partial charge in [0.15, 0.2) is 11.6 Å². The largest absolute Gasteiger partial charge is 0.496 e. The van der Waals surface area contributed by atoms with E-state index < -0.39 is 0 Å². The van der Waals surface area contributed by atoms with Crippen molar-refractivity contribution in [1.82, 2.24) is 0 Å². The van der Waals surface area contributed by atoms with E-state index in [1.54, 1.807) is 49.6 Å². The normalized spacial score (nSPS) is 11.1. The fraction of sp³-hybridized carbons (Fsp3) is 0.111. The molecule has 0 amide bonds. The van der Waals surface area contributed by atoms with Gasteiger partial charge in [0.1, 0.15) is 5.75 Å². The molecule has 2 rings (SSSR count). The lowest BCUT2D eigenvalue weighted by Gasteiger charge is -2.07. The smallest absolute Gasteiger partial charge is 0.196 e. The van der Waals surface area contributed by atoms with Gasteiger partial charge in [-0.1, -0.05) is 34.1 Å². The standard InChI is InChI=1S/C18H15BrO3/c1-12(20)16(11-14-5-3-4-6-17(14)22-2)18(21)13-7-9-15(19)10-8-13/h3-11H,1-2H3/b16-11+. The van der Waals surface area contributed by atoms with Crippen LogP contribution in [0.4, 0.5) is 0 Å². The van der Waals surface area contributed by atoms with E-state index in [0.29, 0.717) is 16.9 Å². The zero-order chi connectivity index (χ0) is 16.1. The summed E-state index contributed by atoms with van der Waals surface area (Å²) in [6.07, 6.45) is 1.57. The van der Waals surface area contributed by atoms with Crippen molar-refractivity contribution in [1.29, 1.82) is 0 Å². The third-order valence-corrected chi connectivity index (χ3v) is 3.70. The van der Waals surface area contributed by atoms with E-state index >= 15 is 0 Å². The van der Waals surface area contributed by atoms with Crippen molar-refractivity contribution in [2.75, 3.05) is 7.11 Å². The number of ketones is 2. The lowest BCUT2D eigenvalue weighted by molar-refractivity contribution is -0.113. The molecule has 112 valence electrons. The lowest BCUT2D eigenvalue weighted by Crippen LogP contribution is -2.10. The second-order valence-electron chi connectivity index (χ2n) is 4.69. The van der Waals surface area contributed by atoms with E-state index in [1.165, 1.54) is 6.92 Å². The van der Waals surface area contributed by atoms with Gasteiger partial charge in [0.2, 0.25) is 0 Å². The van der Waals surface area contributed by atoms with Gasteiger partial charge in [0, 0.05) is 15.6 Å². The maximum absolute atomic E-state index is 12.6. The predicted octanol–water partition coefficient (Wildman–Crippen LogP) is 4.31. The van der Waals surface area contributed by atoms with Crippen LogP contribution in [-0.2, 0) is 4.79 Å². The summed E-state index contributed by atoms with van der Waals surface area (Å²) >= 11 is 3.32. The minimum atomic E-state index is -0.300. The molecule has 0 unspecified atom stereocenters. The van der Waals surface area contributed by atoms with Crippen LogP contribution in [0.5, 0.6) is 5.75 Å². The summed E-state index contributed by atoms with van der Waals surface area (Å²) in [5.41, 5.74) is 1.30. The Labute approximate surface area is 137 Å². The number of allylic oxidation sites excluding steroid dienone is 1. The first-order valence-electron chi connectivity index (χ1n) is 6.69. The van der Waals surface area contributed by atoms with Gasteiger partial charge < -0.3 is 4.74 Å². The number of hydrogen-bond acceptors (Lipinski definition) is 3. The molecule has 0 aliphatic carbocycles. The molecule has 3 nitrogen and oxygen atoms in total. The minimum absolute atomic E-state index is 0.131. The number of hydrogen-bond donors (Lipinski definition) is 0. The molecule has 0 heterocycles. The summed E-state index contributed by atoms with van der Waals surface area (Å²) in [6, 6.07) is 14.2. The van der Waals surface area contributed by atoms with E-state index in [-0.39, 0.29) is 17.1 Å². The van der Waals surface area contributed by atoms with E-state index in [9.17, 15) is 9.59 Å². The molecule has 0 radical (unpaired) electrons. The molecule has 2 aromatic carbocycles. The van der Waals surface area contributed by atoms with Crippen LogP contribution in [0.3, 0.4) is 0 Å². The highest BCUT2D eigenvalue weighted by molar-refractivity contribution is 9.10. The molecule has 22 heavy (non-hydrogen) atoms. The fourth-order valence-electron chi connectivity index (χ4n) is 2.02. The third-order valence-electron chi connectivity index (χ3n) is 3.17. The van der Waals surface area contributed by atoms with Gasteiger partial charge in [-0.05, 0) is 43.3 Å². The van der Waals surface area contributed by atoms with Crippen molar-refractivity contribution in [2.45, 2.75) is 6.92 Å². The van der Waals surface area contributed by atoms with Crippen LogP contribution in [0.25, 0.3) is 6.08 Å². The van der Waals surface area contributed by atoms with Gasteiger partial charge in [-0.2, -0.15) is 0 Å². The SMILES string of the molecule is COc1ccccc1/C=C(\C(C)=O)C(=O)c1ccc(Br)cc1. The molecule has 0 aliphatic heterocycles. The van der Waals surface area contributed by atoms with Crippen LogP contribution in [0.15, 0.2) is 58.6 Å². The molecule has 0 saturated carbocycles. The molecule has 0 atom stereocenters. The Morgan fingerprint density at radius 2 is 1.68 bits per heavy atom. The lowest BCUT2D eigenvalue weighted by atomic mass is 9.98. The highest BCUT2D eigenvalue weighted by atomic mass is 79.9. The fourth-order valence-corrected chi connectivity index (χ4v) is 2.29. The van der Waals surface area contributed by atoms with Crippen molar-refractivity contribution in [3.8, 4) is 5.75 Å². The molecular weight excluding hydrogens is 344 g/mol. The topological polar surface area (TPSA) is 43.4 Å². The second kappa shape index (κ2) is 7.18. The number of carbonyl (C=O) groups is 2. The van der Waals surface area contributed by atoms with E-state index in [0.717, 1.165) is 4.47 Å². The van der Waals surface area contributed by atoms with Crippen molar-refractivity contribution in [2.24, 2.45) is 0 Å². The second-order valence-corrected chi connectivity index (χ2v) is 5.61. The Morgan fingerprint density at radius 3 is 2.27 bits per heavy atom. The molecule has 0 aromatic heterocycles. The summed E-state index contributed by atoms with van der Waals surface area (Å²) in [5, 5.41) is 0. The summed E-state index contributed by atoms with van der Waals surface area (Å²) in [4.78, 5) is 24.4. The quantitative estimate of drug-likeness (QED) is 0.346. The van der Waals surface area contributed by atoms with Crippen molar-refractivity contribution >= 4 is 33.6 Å². The molecule has 0 aliphatic rings. The zero-order valence-corrected chi connectivity index (χ0v) is 13.9. The van der Waals surface area contributed by atoms with Gasteiger partial charge in [-0.25, -0.2) is 0 Å². The van der Waals surface area contributed by atoms with Gasteiger partial charge in [-0.3, -0.25) is 9.59 Å². The number of halogens is 1. The molecule has 0 spiro atoms. The first-order valence-corrected chi connectivity index (χ1v) is 7.48. The average Bonchev–Trinajstić information content (AvgIpc) is 2.52. The first kappa shape index (κ1) is 16.2. The number of rotatable bonds is 5. The van der Waals surface area contributed by atoms with Gasteiger partial charge in [-0.15, -0.1) is 0 Å². The molecule has 2 aromatic rings. The predicted molar refractivity (Wildman–Crippen MR) is 90.1 cm³/mol. The van der Waals surface area contributed by atoms with Crippen LogP contribution in [-0.4, -0.2) is 18.7 Å². The Hall–Kier alpha value is -2.20. The summed E-state index contributed by atoms with van der Waals surface area (Å²) in [6.45, 7) is 1.39. The maximum atomic E-state index is 12.6. The van der Waals surface area contributed by atoms with Gasteiger partial charge in [0.05, 0.1) is 12.7 Å². The zero-order valence-electron chi connectivity index (χ0n) is 12.3. The van der Waals surface area contributed by atoms with Crippen LogP contribution < -0.4 is 4.74 Å². The molecule has 0 N–H and O–H groups in total. The van der Waals surface area contributed by atoms with Crippen molar-refractivity contribution in [3.05, 3.63) is 69.7 Å². The molecule has 4 heteroatoms. The number of para-hydroxylation sites is 1. The monoisotopic (exact) mass is 358 g/mol. The first-order chi connectivity index (χ1) is 10.5. The highest BCUT2D eigenvalue weighted by Crippen LogP contribution is 2.22. The minimum Gasteiger partial charge on any atom is -0.496 e. The van der Waals surface area contributed by atoms with Crippen LogP contribution in [0, 0.1) is 0 Å². The highest BCUT2D eigenvalue weighted by Gasteiger charge is 2.17. The Kier molecular flexibility index (Phi) is 5.28. The molecule has 0 saturated heterocycles. The molecule has 0 bridgehead atoms. The van der Waals surface area contributed by atoms with Crippen LogP contribution in [0.2, 0.25) is 0 Å². The van der Waals surface area contributed by atoms with Crippen LogP contribution >= 0.6 is 15.9 Å². The Morgan fingerprint density at radius 1 is 1.05 bits per heavy atom. The summed E-state index contributed by atoms with van der Waals surface area (Å²) in [5.74, 6) is 0.0367. The van der Waals surface area contributed by atoms with Gasteiger partial charge in [0.25, 0.3) is 0 Å². The molecular formula is C18H15BrO3. The van der Waals surface area contributed by atoms with E-state index in [4.69, 9.17) is 4.74 Å². The number of ether oxygens (including phenoxy) is 1. The van der Waals surface area contributed by atoms with Crippen molar-refractivity contribution in [3.63, 3.8) is 0 Å². The number of carbonyl (C=O) groups excluding carboxylic acids is 2. The average molecular weight is 359 g/mol. The number of benzene rings is 2. The Balaban J connectivity index is 2.46. The number of methoxy groups -OCH3 is 1. The number of Topliss-reactive ketones (excluding diaryl/α,β-unsaturated/α-hetero) is 2. The maximum Gasteiger partial charge on any atom is 0.196 e. The van der Waals surface area contributed by atoms with Crippen molar-refractivity contribution < 1.29 is 14.3 Å². The van der Waals surface area contributed by atoms with Gasteiger partial charge >= 0.3 is 0 Å². The Bertz CT molecular complexity index is 730. The molecule has 0 fully saturated rings. The summed E-state index contributed by atoms with van der Waals surface area (Å²) < 4.78 is 6.13. The van der Waals surface area contributed by atoms with Crippen LogP contribution in [0.1, 0.15) is 22.8 Å². The van der Waals surface area contributed by atoms with E-state index in [2.05, 4.69) is 15.9 Å². The third kappa shape index (κ3) is 3.71. The van der Waals surface area contributed by atoms with E-state index in [1.807, 2.05) is 12.1 Å². The summed E-state index contributed by atoms with van der Waals surface area (Å²) in [7, 11) is 1.55.